The Morgan fingerprint density at radius 3 is 2.92 bits per heavy atom. The smallest absolute Gasteiger partial charge is 0.220 e. The molecule has 12 heavy (non-hydrogen) atoms. The van der Waals surface area contributed by atoms with Crippen molar-refractivity contribution >= 4 is 5.91 Å². The van der Waals surface area contributed by atoms with Crippen molar-refractivity contribution in [1.82, 2.24) is 0 Å². The lowest BCUT2D eigenvalue weighted by atomic mass is 9.98. The molecule has 0 aromatic heterocycles. The van der Waals surface area contributed by atoms with Crippen LogP contribution in [-0.4, -0.2) is 18.6 Å². The van der Waals surface area contributed by atoms with Crippen molar-refractivity contribution in [3.8, 4) is 0 Å². The highest BCUT2D eigenvalue weighted by atomic mass is 16.5. The molecule has 0 aromatic carbocycles. The molecule has 0 saturated carbocycles. The molecule has 0 radical (unpaired) electrons. The fourth-order valence-corrected chi connectivity index (χ4v) is 1.50. The van der Waals surface area contributed by atoms with Gasteiger partial charge in [-0.3, -0.25) is 4.79 Å². The zero-order valence-electron chi connectivity index (χ0n) is 7.58. The number of primary amides is 1. The molecular weight excluding hydrogens is 154 g/mol. The number of amides is 1. The molecule has 1 heterocycles. The summed E-state index contributed by atoms with van der Waals surface area (Å²) in [6.45, 7) is 2.70. The molecule has 0 aromatic rings. The van der Waals surface area contributed by atoms with Gasteiger partial charge in [-0.15, -0.1) is 0 Å². The Kier molecular flexibility index (Phi) is 3.53. The second-order valence-corrected chi connectivity index (χ2v) is 3.53. The van der Waals surface area contributed by atoms with E-state index < -0.39 is 0 Å². The molecule has 0 aliphatic carbocycles. The van der Waals surface area contributed by atoms with E-state index in [1.54, 1.807) is 0 Å². The van der Waals surface area contributed by atoms with Crippen molar-refractivity contribution < 1.29 is 9.53 Å². The minimum absolute atomic E-state index is 0.0481. The van der Waals surface area contributed by atoms with Crippen molar-refractivity contribution in [3.05, 3.63) is 0 Å². The zero-order chi connectivity index (χ0) is 8.97. The highest BCUT2D eigenvalue weighted by Gasteiger charge is 2.19. The maximum absolute atomic E-state index is 10.7. The van der Waals surface area contributed by atoms with Crippen molar-refractivity contribution in [2.24, 2.45) is 11.7 Å². The lowest BCUT2D eigenvalue weighted by molar-refractivity contribution is -0.122. The van der Waals surface area contributed by atoms with Crippen LogP contribution in [0.2, 0.25) is 0 Å². The van der Waals surface area contributed by atoms with Crippen molar-refractivity contribution in [2.45, 2.75) is 38.7 Å². The monoisotopic (exact) mass is 171 g/mol. The number of nitrogens with two attached hydrogens (primary N) is 1. The molecule has 1 fully saturated rings. The molecule has 1 aliphatic rings. The maximum atomic E-state index is 10.7. The predicted molar refractivity (Wildman–Crippen MR) is 46.6 cm³/mol. The lowest BCUT2D eigenvalue weighted by Crippen LogP contribution is -2.28. The second-order valence-electron chi connectivity index (χ2n) is 3.53. The van der Waals surface area contributed by atoms with E-state index in [0.29, 0.717) is 0 Å². The number of hydrogen-bond acceptors (Lipinski definition) is 2. The molecule has 1 rings (SSSR count). The summed E-state index contributed by atoms with van der Waals surface area (Å²) in [7, 11) is 0. The lowest BCUT2D eigenvalue weighted by Gasteiger charge is -2.24. The summed E-state index contributed by atoms with van der Waals surface area (Å²) in [5.74, 6) is -0.266. The normalized spacial score (nSPS) is 26.6. The number of hydrogen-bond donors (Lipinski definition) is 1. The molecule has 1 aliphatic heterocycles. The Morgan fingerprint density at radius 1 is 1.67 bits per heavy atom. The van der Waals surface area contributed by atoms with Gasteiger partial charge >= 0.3 is 0 Å². The third-order valence-corrected chi connectivity index (χ3v) is 2.38. The van der Waals surface area contributed by atoms with Gasteiger partial charge in [-0.2, -0.15) is 0 Å². The Balaban J connectivity index is 2.24. The number of rotatable bonds is 3. The molecule has 1 amide bonds. The van der Waals surface area contributed by atoms with Crippen LogP contribution >= 0.6 is 0 Å². The quantitative estimate of drug-likeness (QED) is 0.690. The van der Waals surface area contributed by atoms with Gasteiger partial charge in [0.25, 0.3) is 0 Å². The van der Waals surface area contributed by atoms with Crippen LogP contribution in [0.25, 0.3) is 0 Å². The van der Waals surface area contributed by atoms with E-state index in [0.717, 1.165) is 25.9 Å². The molecule has 3 nitrogen and oxygen atoms in total. The van der Waals surface area contributed by atoms with Crippen LogP contribution in [0.3, 0.4) is 0 Å². The van der Waals surface area contributed by atoms with E-state index in [2.05, 4.69) is 0 Å². The third-order valence-electron chi connectivity index (χ3n) is 2.38. The van der Waals surface area contributed by atoms with Crippen LogP contribution in [0.1, 0.15) is 32.6 Å². The summed E-state index contributed by atoms with van der Waals surface area (Å²) in [6, 6.07) is 0. The van der Waals surface area contributed by atoms with Gasteiger partial charge < -0.3 is 10.5 Å². The van der Waals surface area contributed by atoms with Gasteiger partial charge in [0.15, 0.2) is 0 Å². The fourth-order valence-electron chi connectivity index (χ4n) is 1.50. The van der Waals surface area contributed by atoms with Gasteiger partial charge in [0.2, 0.25) is 5.91 Å². The first-order valence-electron chi connectivity index (χ1n) is 4.61. The van der Waals surface area contributed by atoms with Crippen LogP contribution < -0.4 is 5.73 Å². The first-order chi connectivity index (χ1) is 5.70. The standard InChI is InChI=1S/C9H17NO2/c1-7(9(10)11)6-8-4-2-3-5-12-8/h7-8H,2-6H2,1H3,(H2,10,11). The average Bonchev–Trinajstić information content (AvgIpc) is 2.06. The Hall–Kier alpha value is -0.570. The summed E-state index contributed by atoms with van der Waals surface area (Å²) >= 11 is 0. The summed E-state index contributed by atoms with van der Waals surface area (Å²) in [5, 5.41) is 0. The van der Waals surface area contributed by atoms with Crippen molar-refractivity contribution in [1.29, 1.82) is 0 Å². The van der Waals surface area contributed by atoms with Crippen molar-refractivity contribution in [2.75, 3.05) is 6.61 Å². The van der Waals surface area contributed by atoms with Gasteiger partial charge in [0.05, 0.1) is 6.10 Å². The number of carbonyl (C=O) groups excluding carboxylic acids is 1. The van der Waals surface area contributed by atoms with Gasteiger partial charge in [-0.25, -0.2) is 0 Å². The largest absolute Gasteiger partial charge is 0.378 e. The minimum atomic E-state index is -0.218. The van der Waals surface area contributed by atoms with Gasteiger partial charge in [0, 0.05) is 12.5 Å². The summed E-state index contributed by atoms with van der Waals surface area (Å²) in [4.78, 5) is 10.7. The van der Waals surface area contributed by atoms with Gasteiger partial charge in [-0.05, 0) is 25.7 Å². The SMILES string of the molecule is CC(CC1CCCCO1)C(N)=O. The molecule has 0 spiro atoms. The molecular formula is C9H17NO2. The Morgan fingerprint density at radius 2 is 2.42 bits per heavy atom. The van der Waals surface area contributed by atoms with Crippen molar-refractivity contribution in [3.63, 3.8) is 0 Å². The molecule has 0 bridgehead atoms. The molecule has 1 saturated heterocycles. The molecule has 2 unspecified atom stereocenters. The topological polar surface area (TPSA) is 52.3 Å². The van der Waals surface area contributed by atoms with Crippen LogP contribution in [0.5, 0.6) is 0 Å². The van der Waals surface area contributed by atoms with Crippen LogP contribution in [0.4, 0.5) is 0 Å². The van der Waals surface area contributed by atoms with E-state index >= 15 is 0 Å². The van der Waals surface area contributed by atoms with Crippen LogP contribution in [-0.2, 0) is 9.53 Å². The first kappa shape index (κ1) is 9.52. The van der Waals surface area contributed by atoms with E-state index in [4.69, 9.17) is 10.5 Å². The highest BCUT2D eigenvalue weighted by molar-refractivity contribution is 5.76. The van der Waals surface area contributed by atoms with Gasteiger partial charge in [0.1, 0.15) is 0 Å². The fraction of sp³-hybridized carbons (Fsp3) is 0.889. The average molecular weight is 171 g/mol. The number of ether oxygens (including phenoxy) is 1. The molecule has 2 atom stereocenters. The summed E-state index contributed by atoms with van der Waals surface area (Å²) in [6.07, 6.45) is 4.51. The Bertz CT molecular complexity index is 153. The minimum Gasteiger partial charge on any atom is -0.378 e. The maximum Gasteiger partial charge on any atom is 0.220 e. The van der Waals surface area contributed by atoms with Crippen LogP contribution in [0, 0.1) is 5.92 Å². The van der Waals surface area contributed by atoms with E-state index in [9.17, 15) is 4.79 Å². The van der Waals surface area contributed by atoms with Gasteiger partial charge in [-0.1, -0.05) is 6.92 Å². The van der Waals surface area contributed by atoms with E-state index in [-0.39, 0.29) is 17.9 Å². The molecule has 3 heteroatoms. The van der Waals surface area contributed by atoms with Crippen LogP contribution in [0.15, 0.2) is 0 Å². The second kappa shape index (κ2) is 4.45. The Labute approximate surface area is 73.3 Å². The number of carbonyl (C=O) groups is 1. The predicted octanol–water partition coefficient (Wildman–Crippen LogP) is 1.07. The molecule has 2 N–H and O–H groups in total. The first-order valence-corrected chi connectivity index (χ1v) is 4.61. The summed E-state index contributed by atoms with van der Waals surface area (Å²) < 4.78 is 5.49. The highest BCUT2D eigenvalue weighted by Crippen LogP contribution is 2.19. The summed E-state index contributed by atoms with van der Waals surface area (Å²) in [5.41, 5.74) is 5.16. The third kappa shape index (κ3) is 2.81. The zero-order valence-corrected chi connectivity index (χ0v) is 7.58. The van der Waals surface area contributed by atoms with E-state index in [1.807, 2.05) is 6.92 Å². The van der Waals surface area contributed by atoms with E-state index in [1.165, 1.54) is 6.42 Å². The molecule has 70 valence electrons.